The Balaban J connectivity index is 1.76. The molecule has 37 heavy (non-hydrogen) atoms. The van der Waals surface area contributed by atoms with Gasteiger partial charge in [-0.05, 0) is 62.8 Å². The summed E-state index contributed by atoms with van der Waals surface area (Å²) in [5, 5.41) is 3.16. The topological polar surface area (TPSA) is 86.8 Å². The van der Waals surface area contributed by atoms with Gasteiger partial charge in [0, 0.05) is 25.6 Å². The van der Waals surface area contributed by atoms with E-state index in [1.165, 1.54) is 10.6 Å². The van der Waals surface area contributed by atoms with E-state index in [1.807, 2.05) is 63.2 Å². The summed E-state index contributed by atoms with van der Waals surface area (Å²) in [5.74, 6) is -0.249. The predicted octanol–water partition coefficient (Wildman–Crippen LogP) is 4.72. The molecule has 0 saturated heterocycles. The van der Waals surface area contributed by atoms with Crippen LogP contribution in [0.5, 0.6) is 0 Å². The van der Waals surface area contributed by atoms with E-state index in [0.717, 1.165) is 42.4 Å². The van der Waals surface area contributed by atoms with Crippen LogP contribution >= 0.6 is 0 Å². The number of hydrogen-bond donors (Lipinski definition) is 1. The van der Waals surface area contributed by atoms with Crippen molar-refractivity contribution in [1.82, 2.24) is 10.2 Å². The molecule has 0 bridgehead atoms. The number of rotatable bonds is 12. The van der Waals surface area contributed by atoms with Crippen LogP contribution in [0, 0.1) is 13.8 Å². The number of carbonyl (C=O) groups is 2. The molecule has 0 aliphatic heterocycles. The van der Waals surface area contributed by atoms with Crippen LogP contribution in [0.4, 0.5) is 5.69 Å². The fourth-order valence-corrected chi connectivity index (χ4v) is 6.04. The molecule has 0 spiro atoms. The summed E-state index contributed by atoms with van der Waals surface area (Å²) in [4.78, 5) is 28.5. The number of nitrogens with one attached hydrogen (secondary N) is 1. The summed E-state index contributed by atoms with van der Waals surface area (Å²) >= 11 is 0. The van der Waals surface area contributed by atoms with E-state index in [2.05, 4.69) is 5.32 Å². The van der Waals surface area contributed by atoms with Gasteiger partial charge in [-0.25, -0.2) is 8.42 Å². The lowest BCUT2D eigenvalue weighted by molar-refractivity contribution is -0.141. The van der Waals surface area contributed by atoms with Gasteiger partial charge in [0.15, 0.2) is 0 Å². The van der Waals surface area contributed by atoms with Crippen LogP contribution in [0.1, 0.15) is 68.6 Å². The van der Waals surface area contributed by atoms with Crippen molar-refractivity contribution in [2.75, 3.05) is 17.1 Å². The second kappa shape index (κ2) is 13.1. The second-order valence-electron chi connectivity index (χ2n) is 10.2. The Labute approximate surface area is 222 Å². The molecular formula is C29H41N3O4S. The molecule has 0 unspecified atom stereocenters. The molecule has 202 valence electrons. The minimum atomic E-state index is -3.51. The third kappa shape index (κ3) is 8.32. The molecule has 1 saturated carbocycles. The molecule has 1 N–H and O–H groups in total. The first-order valence-electron chi connectivity index (χ1n) is 13.3. The highest BCUT2D eigenvalue weighted by atomic mass is 32.2. The molecule has 1 fully saturated rings. The van der Waals surface area contributed by atoms with Crippen LogP contribution in [0.15, 0.2) is 48.5 Å². The van der Waals surface area contributed by atoms with E-state index in [9.17, 15) is 18.0 Å². The smallest absolute Gasteiger partial charge is 0.243 e. The number of aryl methyl sites for hydroxylation is 2. The number of anilines is 1. The van der Waals surface area contributed by atoms with Crippen LogP contribution in [-0.2, 0) is 26.2 Å². The van der Waals surface area contributed by atoms with Gasteiger partial charge in [-0.15, -0.1) is 0 Å². The van der Waals surface area contributed by atoms with E-state index in [1.54, 1.807) is 11.0 Å². The van der Waals surface area contributed by atoms with E-state index < -0.39 is 16.1 Å². The third-order valence-corrected chi connectivity index (χ3v) is 8.16. The van der Waals surface area contributed by atoms with Crippen molar-refractivity contribution < 1.29 is 18.0 Å². The first-order chi connectivity index (χ1) is 17.6. The molecule has 0 heterocycles. The minimum absolute atomic E-state index is 0.104. The summed E-state index contributed by atoms with van der Waals surface area (Å²) in [6, 6.07) is 14.9. The highest BCUT2D eigenvalue weighted by molar-refractivity contribution is 7.92. The molecule has 2 aromatic rings. The maximum Gasteiger partial charge on any atom is 0.243 e. The average molecular weight is 528 g/mol. The Kier molecular flexibility index (Phi) is 10.1. The Hall–Kier alpha value is -2.87. The van der Waals surface area contributed by atoms with Crippen molar-refractivity contribution in [3.8, 4) is 0 Å². The van der Waals surface area contributed by atoms with Gasteiger partial charge >= 0.3 is 0 Å². The molecule has 7 nitrogen and oxygen atoms in total. The second-order valence-corrected chi connectivity index (χ2v) is 12.1. The molecule has 1 aliphatic carbocycles. The Morgan fingerprint density at radius 2 is 1.68 bits per heavy atom. The first kappa shape index (κ1) is 28.7. The highest BCUT2D eigenvalue weighted by Gasteiger charge is 2.30. The van der Waals surface area contributed by atoms with Crippen molar-refractivity contribution in [3.63, 3.8) is 0 Å². The van der Waals surface area contributed by atoms with Crippen LogP contribution in [-0.4, -0.2) is 50.0 Å². The number of nitrogens with zero attached hydrogens (tertiary/aromatic N) is 2. The van der Waals surface area contributed by atoms with Crippen LogP contribution in [0.3, 0.4) is 0 Å². The van der Waals surface area contributed by atoms with Crippen molar-refractivity contribution in [1.29, 1.82) is 0 Å². The fourth-order valence-electron chi connectivity index (χ4n) is 5.08. The molecule has 0 radical (unpaired) electrons. The van der Waals surface area contributed by atoms with E-state index in [4.69, 9.17) is 0 Å². The molecule has 2 amide bonds. The lowest BCUT2D eigenvalue weighted by atomic mass is 10.1. The maximum atomic E-state index is 13.6. The van der Waals surface area contributed by atoms with Gasteiger partial charge in [-0.3, -0.25) is 13.9 Å². The summed E-state index contributed by atoms with van der Waals surface area (Å²) in [5.41, 5.74) is 3.62. The number of hydrogen-bond acceptors (Lipinski definition) is 4. The summed E-state index contributed by atoms with van der Waals surface area (Å²) in [6.45, 7) is 6.38. The fraction of sp³-hybridized carbons (Fsp3) is 0.517. The summed E-state index contributed by atoms with van der Waals surface area (Å²) < 4.78 is 26.4. The number of sulfonamides is 1. The van der Waals surface area contributed by atoms with Crippen molar-refractivity contribution >= 4 is 27.5 Å². The van der Waals surface area contributed by atoms with E-state index >= 15 is 0 Å². The zero-order valence-electron chi connectivity index (χ0n) is 22.6. The molecule has 2 aromatic carbocycles. The molecule has 3 rings (SSSR count). The minimum Gasteiger partial charge on any atom is -0.352 e. The van der Waals surface area contributed by atoms with E-state index in [0.29, 0.717) is 25.1 Å². The van der Waals surface area contributed by atoms with Crippen LogP contribution < -0.4 is 9.62 Å². The summed E-state index contributed by atoms with van der Waals surface area (Å²) in [6.07, 6.45) is 6.39. The van der Waals surface area contributed by atoms with Crippen molar-refractivity contribution in [2.45, 2.75) is 84.3 Å². The monoisotopic (exact) mass is 527 g/mol. The quantitative estimate of drug-likeness (QED) is 0.433. The predicted molar refractivity (Wildman–Crippen MR) is 149 cm³/mol. The lowest BCUT2D eigenvalue weighted by Gasteiger charge is -2.32. The normalized spacial score (nSPS) is 14.8. The van der Waals surface area contributed by atoms with Gasteiger partial charge < -0.3 is 10.2 Å². The zero-order valence-corrected chi connectivity index (χ0v) is 23.4. The van der Waals surface area contributed by atoms with Crippen LogP contribution in [0.25, 0.3) is 0 Å². The lowest BCUT2D eigenvalue weighted by Crippen LogP contribution is -2.51. The van der Waals surface area contributed by atoms with Crippen molar-refractivity contribution in [3.05, 3.63) is 65.2 Å². The largest absolute Gasteiger partial charge is 0.352 e. The van der Waals surface area contributed by atoms with Gasteiger partial charge in [-0.1, -0.05) is 61.7 Å². The molecule has 8 heteroatoms. The summed E-state index contributed by atoms with van der Waals surface area (Å²) in [7, 11) is -3.51. The molecule has 1 atom stereocenters. The number of carbonyl (C=O) groups excluding carboxylic acids is 2. The molecule has 0 aromatic heterocycles. The number of benzene rings is 2. The maximum absolute atomic E-state index is 13.6. The van der Waals surface area contributed by atoms with Crippen LogP contribution in [0.2, 0.25) is 0 Å². The highest BCUT2D eigenvalue weighted by Crippen LogP contribution is 2.22. The van der Waals surface area contributed by atoms with Gasteiger partial charge in [0.25, 0.3) is 0 Å². The molecule has 1 aliphatic rings. The zero-order chi connectivity index (χ0) is 27.0. The average Bonchev–Trinajstić information content (AvgIpc) is 3.33. The Bertz CT molecular complexity index is 1180. The third-order valence-electron chi connectivity index (χ3n) is 6.96. The Morgan fingerprint density at radius 3 is 2.27 bits per heavy atom. The van der Waals surface area contributed by atoms with Gasteiger partial charge in [0.05, 0.1) is 11.9 Å². The van der Waals surface area contributed by atoms with E-state index in [-0.39, 0.29) is 30.8 Å². The Morgan fingerprint density at radius 1 is 1.03 bits per heavy atom. The van der Waals surface area contributed by atoms with Gasteiger partial charge in [0.1, 0.15) is 6.04 Å². The first-order valence-corrected chi connectivity index (χ1v) is 15.1. The standard InChI is InChI=1S/C29H41N3O4S/c1-5-27(29(34)30-25-14-6-7-15-25)31(21-24-13-8-11-22(2)19-24)28(33)17-10-18-32(37(4,35)36)26-16-9-12-23(3)20-26/h8-9,11-13,16,19-20,25,27H,5-7,10,14-15,17-18,21H2,1-4H3,(H,30,34)/t27-/m0/s1. The molecular weight excluding hydrogens is 486 g/mol. The van der Waals surface area contributed by atoms with Gasteiger partial charge in [0.2, 0.25) is 21.8 Å². The SMILES string of the molecule is CC[C@@H](C(=O)NC1CCCC1)N(Cc1cccc(C)c1)C(=O)CCCN(c1cccc(C)c1)S(C)(=O)=O. The number of amides is 2. The van der Waals surface area contributed by atoms with Crippen molar-refractivity contribution in [2.24, 2.45) is 0 Å². The van der Waals surface area contributed by atoms with Gasteiger partial charge in [-0.2, -0.15) is 0 Å².